The molecule has 1 aliphatic rings. The van der Waals surface area contributed by atoms with E-state index in [1.807, 2.05) is 68.4 Å². The number of aromatic nitrogens is 3. The van der Waals surface area contributed by atoms with Crippen LogP contribution in [0, 0.1) is 13.8 Å². The number of rotatable bonds is 6. The molecule has 1 amide bonds. The first-order valence-corrected chi connectivity index (χ1v) is 12.1. The van der Waals surface area contributed by atoms with E-state index in [4.69, 9.17) is 4.74 Å². The highest BCUT2D eigenvalue weighted by Crippen LogP contribution is 2.37. The van der Waals surface area contributed by atoms with Crippen LogP contribution in [0.2, 0.25) is 0 Å². The molecular formula is C29H29N5O2. The van der Waals surface area contributed by atoms with Gasteiger partial charge in [-0.3, -0.25) is 9.78 Å². The van der Waals surface area contributed by atoms with Gasteiger partial charge in [0.25, 0.3) is 5.91 Å². The van der Waals surface area contributed by atoms with E-state index in [2.05, 4.69) is 33.2 Å². The quantitative estimate of drug-likeness (QED) is 0.362. The molecule has 0 radical (unpaired) electrons. The Morgan fingerprint density at radius 3 is 2.50 bits per heavy atom. The number of carbonyl (C=O) groups is 1. The van der Waals surface area contributed by atoms with Gasteiger partial charge in [0.1, 0.15) is 11.6 Å². The fourth-order valence-electron chi connectivity index (χ4n) is 4.61. The van der Waals surface area contributed by atoms with Crippen molar-refractivity contribution in [3.8, 4) is 16.9 Å². The van der Waals surface area contributed by atoms with E-state index in [0.717, 1.165) is 45.2 Å². The lowest BCUT2D eigenvalue weighted by atomic mass is 10.0. The molecule has 5 rings (SSSR count). The zero-order valence-electron chi connectivity index (χ0n) is 21.0. The van der Waals surface area contributed by atoms with Crippen molar-refractivity contribution in [3.63, 3.8) is 0 Å². The van der Waals surface area contributed by atoms with Gasteiger partial charge in [0, 0.05) is 49.9 Å². The summed E-state index contributed by atoms with van der Waals surface area (Å²) in [6.45, 7) is 7.23. The molecule has 7 heteroatoms. The summed E-state index contributed by atoms with van der Waals surface area (Å²) < 4.78 is 6.11. The van der Waals surface area contributed by atoms with Gasteiger partial charge >= 0.3 is 0 Å². The molecular weight excluding hydrogens is 450 g/mol. The summed E-state index contributed by atoms with van der Waals surface area (Å²) in [5.74, 6) is 2.12. The van der Waals surface area contributed by atoms with E-state index in [1.54, 1.807) is 18.1 Å². The Labute approximate surface area is 211 Å². The predicted octanol–water partition coefficient (Wildman–Crippen LogP) is 5.52. The SMILES string of the molecule is CCN1c2ncc(CCOc3ccc(-c4cccnc4C)cc3C)cc2C(=O)N(C)c2cccnc21. The summed E-state index contributed by atoms with van der Waals surface area (Å²) in [5.41, 5.74) is 6.61. The fraction of sp³-hybridized carbons (Fsp3) is 0.241. The normalized spacial score (nSPS) is 12.7. The predicted molar refractivity (Wildman–Crippen MR) is 142 cm³/mol. The first-order chi connectivity index (χ1) is 17.5. The third kappa shape index (κ3) is 4.28. The highest BCUT2D eigenvalue weighted by atomic mass is 16.5. The maximum absolute atomic E-state index is 13.3. The van der Waals surface area contributed by atoms with Crippen LogP contribution in [0.4, 0.5) is 17.3 Å². The van der Waals surface area contributed by atoms with Crippen molar-refractivity contribution in [2.75, 3.05) is 30.0 Å². The van der Waals surface area contributed by atoms with E-state index in [0.29, 0.717) is 31.0 Å². The number of anilines is 3. The average Bonchev–Trinajstić information content (AvgIpc) is 2.98. The lowest BCUT2D eigenvalue weighted by Crippen LogP contribution is -2.25. The highest BCUT2D eigenvalue weighted by Gasteiger charge is 2.30. The molecule has 0 atom stereocenters. The number of hydrogen-bond acceptors (Lipinski definition) is 6. The Balaban J connectivity index is 1.33. The molecule has 0 aliphatic carbocycles. The number of benzene rings is 1. The second kappa shape index (κ2) is 9.77. The standard InChI is InChI=1S/C29H29N5O2/c1-5-34-27-24(29(35)33(4)25-9-7-14-31-28(25)34)17-21(18-32-27)12-15-36-26-11-10-22(16-19(26)2)23-8-6-13-30-20(23)3/h6-11,13-14,16-18H,5,12,15H2,1-4H3. The summed E-state index contributed by atoms with van der Waals surface area (Å²) >= 11 is 0. The Hall–Kier alpha value is -4.26. The minimum Gasteiger partial charge on any atom is -0.493 e. The van der Waals surface area contributed by atoms with Crippen LogP contribution in [0.5, 0.6) is 5.75 Å². The third-order valence-electron chi connectivity index (χ3n) is 6.55. The Bertz CT molecular complexity index is 1440. The van der Waals surface area contributed by atoms with Crippen molar-refractivity contribution in [1.29, 1.82) is 0 Å². The number of pyridine rings is 3. The van der Waals surface area contributed by atoms with E-state index in [9.17, 15) is 4.79 Å². The molecule has 4 aromatic rings. The summed E-state index contributed by atoms with van der Waals surface area (Å²) in [5, 5.41) is 0. The van der Waals surface area contributed by atoms with Crippen molar-refractivity contribution in [2.45, 2.75) is 27.2 Å². The van der Waals surface area contributed by atoms with Crippen molar-refractivity contribution in [1.82, 2.24) is 15.0 Å². The second-order valence-electron chi connectivity index (χ2n) is 8.88. The second-order valence-corrected chi connectivity index (χ2v) is 8.88. The Morgan fingerprint density at radius 1 is 0.917 bits per heavy atom. The number of aryl methyl sites for hydroxylation is 2. The molecule has 0 saturated heterocycles. The Morgan fingerprint density at radius 2 is 1.72 bits per heavy atom. The maximum Gasteiger partial charge on any atom is 0.261 e. The molecule has 0 N–H and O–H groups in total. The molecule has 0 unspecified atom stereocenters. The molecule has 1 aromatic carbocycles. The van der Waals surface area contributed by atoms with Crippen LogP contribution in [0.1, 0.15) is 34.1 Å². The minimum absolute atomic E-state index is 0.0948. The first-order valence-electron chi connectivity index (χ1n) is 12.1. The molecule has 7 nitrogen and oxygen atoms in total. The van der Waals surface area contributed by atoms with Crippen LogP contribution in [-0.2, 0) is 6.42 Å². The molecule has 0 saturated carbocycles. The monoisotopic (exact) mass is 479 g/mol. The van der Waals surface area contributed by atoms with Crippen molar-refractivity contribution >= 4 is 23.2 Å². The Kier molecular flexibility index (Phi) is 6.38. The summed E-state index contributed by atoms with van der Waals surface area (Å²) in [6.07, 6.45) is 6.01. The van der Waals surface area contributed by atoms with Crippen LogP contribution in [-0.4, -0.2) is 41.1 Å². The van der Waals surface area contributed by atoms with Crippen LogP contribution in [0.25, 0.3) is 11.1 Å². The van der Waals surface area contributed by atoms with Crippen LogP contribution < -0.4 is 14.5 Å². The van der Waals surface area contributed by atoms with Gasteiger partial charge in [0.15, 0.2) is 5.82 Å². The molecule has 0 bridgehead atoms. The fourth-order valence-corrected chi connectivity index (χ4v) is 4.61. The van der Waals surface area contributed by atoms with Gasteiger partial charge in [-0.1, -0.05) is 12.1 Å². The van der Waals surface area contributed by atoms with E-state index in [-0.39, 0.29) is 5.91 Å². The smallest absolute Gasteiger partial charge is 0.261 e. The first kappa shape index (κ1) is 23.5. The molecule has 36 heavy (non-hydrogen) atoms. The van der Waals surface area contributed by atoms with Crippen molar-refractivity contribution in [3.05, 3.63) is 89.5 Å². The van der Waals surface area contributed by atoms with Crippen molar-refractivity contribution < 1.29 is 9.53 Å². The largest absolute Gasteiger partial charge is 0.493 e. The zero-order valence-corrected chi connectivity index (χ0v) is 21.0. The van der Waals surface area contributed by atoms with E-state index in [1.165, 1.54) is 0 Å². The minimum atomic E-state index is -0.0948. The van der Waals surface area contributed by atoms with Gasteiger partial charge in [-0.2, -0.15) is 0 Å². The molecule has 3 aromatic heterocycles. The average molecular weight is 480 g/mol. The van der Waals surface area contributed by atoms with Gasteiger partial charge in [-0.25, -0.2) is 9.97 Å². The number of carbonyl (C=O) groups excluding carboxylic acids is 1. The van der Waals surface area contributed by atoms with Crippen LogP contribution in [0.3, 0.4) is 0 Å². The van der Waals surface area contributed by atoms with E-state index >= 15 is 0 Å². The van der Waals surface area contributed by atoms with Crippen LogP contribution >= 0.6 is 0 Å². The van der Waals surface area contributed by atoms with Gasteiger partial charge in [-0.05, 0) is 73.9 Å². The number of ether oxygens (including phenoxy) is 1. The summed E-state index contributed by atoms with van der Waals surface area (Å²) in [4.78, 5) is 30.6. The molecule has 0 fully saturated rings. The highest BCUT2D eigenvalue weighted by molar-refractivity contribution is 6.12. The number of fused-ring (bicyclic) bond motifs is 2. The third-order valence-corrected chi connectivity index (χ3v) is 6.55. The van der Waals surface area contributed by atoms with Crippen molar-refractivity contribution in [2.24, 2.45) is 0 Å². The van der Waals surface area contributed by atoms with Gasteiger partial charge in [0.05, 0.1) is 17.9 Å². The zero-order chi connectivity index (χ0) is 25.2. The summed E-state index contributed by atoms with van der Waals surface area (Å²) in [6, 6.07) is 15.9. The van der Waals surface area contributed by atoms with E-state index < -0.39 is 0 Å². The number of amides is 1. The van der Waals surface area contributed by atoms with Gasteiger partial charge in [-0.15, -0.1) is 0 Å². The summed E-state index contributed by atoms with van der Waals surface area (Å²) in [7, 11) is 1.78. The topological polar surface area (TPSA) is 71.5 Å². The molecule has 0 spiro atoms. The molecule has 4 heterocycles. The molecule has 182 valence electrons. The maximum atomic E-state index is 13.3. The number of hydrogen-bond donors (Lipinski definition) is 0. The van der Waals surface area contributed by atoms with Gasteiger partial charge < -0.3 is 14.5 Å². The number of nitrogens with zero attached hydrogens (tertiary/aromatic N) is 5. The lowest BCUT2D eigenvalue weighted by Gasteiger charge is -2.22. The lowest BCUT2D eigenvalue weighted by molar-refractivity contribution is 0.0994. The molecule has 1 aliphatic heterocycles. The van der Waals surface area contributed by atoms with Gasteiger partial charge in [0.2, 0.25) is 0 Å². The van der Waals surface area contributed by atoms with Crippen LogP contribution in [0.15, 0.2) is 67.1 Å².